The van der Waals surface area contributed by atoms with Crippen LogP contribution in [0.15, 0.2) is 23.8 Å². The van der Waals surface area contributed by atoms with Gasteiger partial charge in [0.1, 0.15) is 0 Å². The first-order chi connectivity index (χ1) is 8.49. The number of nitrogens with zero attached hydrogens (tertiary/aromatic N) is 1. The number of ether oxygens (including phenoxy) is 1. The largest absolute Gasteiger partial charge is 1.00 e. The topological polar surface area (TPSA) is 29.5 Å². The van der Waals surface area contributed by atoms with Crippen molar-refractivity contribution in [1.82, 2.24) is 4.90 Å². The molecular formula is C15H24LiNO2. The molecule has 0 bridgehead atoms. The van der Waals surface area contributed by atoms with Crippen LogP contribution in [0.25, 0.3) is 0 Å². The van der Waals surface area contributed by atoms with Crippen molar-refractivity contribution in [3.05, 3.63) is 29.9 Å². The van der Waals surface area contributed by atoms with Gasteiger partial charge in [0, 0.05) is 13.1 Å². The monoisotopic (exact) mass is 257 g/mol. The van der Waals surface area contributed by atoms with Crippen molar-refractivity contribution in [3.8, 4) is 0 Å². The summed E-state index contributed by atoms with van der Waals surface area (Å²) in [7, 11) is 0. The molecule has 0 fully saturated rings. The molecule has 1 amide bonds. The molecule has 0 heterocycles. The first kappa shape index (κ1) is 18.2. The molecule has 0 saturated carbocycles. The summed E-state index contributed by atoms with van der Waals surface area (Å²) in [6.07, 6.45) is 4.46. The molecule has 1 aliphatic carbocycles. The number of amides is 1. The van der Waals surface area contributed by atoms with E-state index < -0.39 is 0 Å². The van der Waals surface area contributed by atoms with Crippen molar-refractivity contribution in [2.24, 2.45) is 5.92 Å². The van der Waals surface area contributed by atoms with Gasteiger partial charge in [0.2, 0.25) is 0 Å². The second-order valence-corrected chi connectivity index (χ2v) is 4.83. The fourth-order valence-corrected chi connectivity index (χ4v) is 2.05. The van der Waals surface area contributed by atoms with Gasteiger partial charge in [0.15, 0.2) is 0 Å². The molecule has 19 heavy (non-hydrogen) atoms. The maximum absolute atomic E-state index is 11.9. The zero-order chi connectivity index (χ0) is 13.7. The zero-order valence-electron chi connectivity index (χ0n) is 13.0. The van der Waals surface area contributed by atoms with Crippen LogP contribution in [-0.4, -0.2) is 24.1 Å². The molecule has 0 aromatic heterocycles. The molecule has 102 valence electrons. The van der Waals surface area contributed by atoms with Crippen LogP contribution in [0.2, 0.25) is 0 Å². The molecule has 0 aromatic rings. The third-order valence-electron chi connectivity index (χ3n) is 3.51. The molecular weight excluding hydrogens is 233 g/mol. The average molecular weight is 257 g/mol. The van der Waals surface area contributed by atoms with Crippen LogP contribution in [0, 0.1) is 12.0 Å². The summed E-state index contributed by atoms with van der Waals surface area (Å²) >= 11 is 0. The predicted octanol–water partition coefficient (Wildman–Crippen LogP) is 0.933. The van der Waals surface area contributed by atoms with Crippen LogP contribution in [0.1, 0.15) is 40.5 Å². The summed E-state index contributed by atoms with van der Waals surface area (Å²) in [6, 6.07) is 0. The number of hydrogen-bond donors (Lipinski definition) is 0. The summed E-state index contributed by atoms with van der Waals surface area (Å²) in [5.41, 5.74) is 2.23. The molecule has 0 aliphatic heterocycles. The Bertz CT molecular complexity index is 348. The van der Waals surface area contributed by atoms with E-state index in [0.717, 1.165) is 30.1 Å². The molecule has 1 rings (SSSR count). The van der Waals surface area contributed by atoms with Gasteiger partial charge in [-0.2, -0.15) is 5.57 Å². The van der Waals surface area contributed by atoms with Crippen LogP contribution in [0.4, 0.5) is 4.79 Å². The van der Waals surface area contributed by atoms with Crippen LogP contribution in [-0.2, 0) is 4.74 Å². The van der Waals surface area contributed by atoms with Gasteiger partial charge in [0.25, 0.3) is 0 Å². The molecule has 1 aliphatic rings. The Morgan fingerprint density at radius 1 is 1.53 bits per heavy atom. The minimum atomic E-state index is -0.245. The molecule has 4 heteroatoms. The minimum Gasteiger partial charge on any atom is -0.508 e. The molecule has 0 unspecified atom stereocenters. The molecule has 0 N–H and O–H groups in total. The first-order valence-corrected chi connectivity index (χ1v) is 6.64. The molecule has 0 saturated heterocycles. The average Bonchev–Trinajstić information content (AvgIpc) is 2.33. The van der Waals surface area contributed by atoms with E-state index in [4.69, 9.17) is 4.74 Å². The second-order valence-electron chi connectivity index (χ2n) is 4.83. The quantitative estimate of drug-likeness (QED) is 0.426. The van der Waals surface area contributed by atoms with Gasteiger partial charge in [-0.25, -0.2) is 10.9 Å². The smallest absolute Gasteiger partial charge is 0.508 e. The van der Waals surface area contributed by atoms with Gasteiger partial charge < -0.3 is 9.64 Å². The first-order valence-electron chi connectivity index (χ1n) is 6.64. The number of carbonyl (C=O) groups excluding carboxylic acids is 1. The van der Waals surface area contributed by atoms with Gasteiger partial charge in [-0.3, -0.25) is 0 Å². The molecule has 1 atom stereocenters. The van der Waals surface area contributed by atoms with Crippen LogP contribution >= 0.6 is 0 Å². The Morgan fingerprint density at radius 2 is 2.11 bits per heavy atom. The van der Waals surface area contributed by atoms with E-state index in [1.165, 1.54) is 0 Å². The third-order valence-corrected chi connectivity index (χ3v) is 3.51. The summed E-state index contributed by atoms with van der Waals surface area (Å²) in [4.78, 5) is 13.6. The summed E-state index contributed by atoms with van der Waals surface area (Å²) in [5, 5.41) is 0. The van der Waals surface area contributed by atoms with E-state index in [1.54, 1.807) is 4.90 Å². The van der Waals surface area contributed by atoms with Crippen LogP contribution in [0.5, 0.6) is 0 Å². The van der Waals surface area contributed by atoms with Gasteiger partial charge in [0.05, 0.1) is 0 Å². The molecule has 0 aromatic carbocycles. The van der Waals surface area contributed by atoms with Gasteiger partial charge in [-0.15, -0.1) is 0 Å². The van der Waals surface area contributed by atoms with Crippen molar-refractivity contribution >= 4 is 6.09 Å². The Hall–Kier alpha value is -0.783. The van der Waals surface area contributed by atoms with E-state index in [2.05, 4.69) is 12.7 Å². The van der Waals surface area contributed by atoms with Crippen molar-refractivity contribution in [2.45, 2.75) is 40.5 Å². The van der Waals surface area contributed by atoms with Gasteiger partial charge in [-0.1, -0.05) is 31.9 Å². The summed E-state index contributed by atoms with van der Waals surface area (Å²) in [6.45, 7) is 13.3. The summed E-state index contributed by atoms with van der Waals surface area (Å²) in [5.74, 6) is 0.396. The Balaban J connectivity index is 0.00000324. The van der Waals surface area contributed by atoms with Crippen molar-refractivity contribution < 1.29 is 28.4 Å². The standard InChI is InChI=1S/C15H24NO2.Li/c1-6-16(7-2)15(17)18-14-10-13(11(3)4)9-8-12(14)5;/h8,13H,3,6-7,9-10H2,1-2,4-5H3;/q-1;+1/t13-;/m1./s1. The van der Waals surface area contributed by atoms with Crippen LogP contribution < -0.4 is 18.9 Å². The Labute approximate surface area is 129 Å². The van der Waals surface area contributed by atoms with Gasteiger partial charge >= 0.3 is 25.0 Å². The van der Waals surface area contributed by atoms with Crippen molar-refractivity contribution in [2.75, 3.05) is 13.1 Å². The third kappa shape index (κ3) is 5.01. The van der Waals surface area contributed by atoms with E-state index in [1.807, 2.05) is 27.7 Å². The van der Waals surface area contributed by atoms with Crippen LogP contribution in [0.3, 0.4) is 0 Å². The number of hydrogen-bond acceptors (Lipinski definition) is 2. The Morgan fingerprint density at radius 3 is 2.58 bits per heavy atom. The minimum absolute atomic E-state index is 0. The summed E-state index contributed by atoms with van der Waals surface area (Å²) < 4.78 is 5.52. The van der Waals surface area contributed by atoms with E-state index in [9.17, 15) is 4.79 Å². The second kappa shape index (κ2) is 8.40. The van der Waals surface area contributed by atoms with Crippen molar-refractivity contribution in [3.63, 3.8) is 0 Å². The fraction of sp³-hybridized carbons (Fsp3) is 0.600. The zero-order valence-corrected chi connectivity index (χ0v) is 13.0. The SMILES string of the molecule is C=C(C)[C@@H]1CC=C(C)[C-](OC(=O)N(CC)CC)C1.[Li+]. The number of allylic oxidation sites excluding steroid dienone is 2. The normalized spacial score (nSPS) is 18.2. The fourth-order valence-electron chi connectivity index (χ4n) is 2.05. The van der Waals surface area contributed by atoms with E-state index >= 15 is 0 Å². The molecule has 0 radical (unpaired) electrons. The van der Waals surface area contributed by atoms with Crippen molar-refractivity contribution in [1.29, 1.82) is 0 Å². The predicted molar refractivity (Wildman–Crippen MR) is 73.9 cm³/mol. The molecule has 3 nitrogen and oxygen atoms in total. The Kier molecular flexibility index (Phi) is 8.05. The number of carbonyl (C=O) groups is 1. The molecule has 0 spiro atoms. The van der Waals surface area contributed by atoms with Gasteiger partial charge in [-0.05, 0) is 32.8 Å². The maximum atomic E-state index is 11.9. The maximum Gasteiger partial charge on any atom is 1.00 e. The van der Waals surface area contributed by atoms with E-state index in [0.29, 0.717) is 19.0 Å². The number of rotatable bonds is 4. The van der Waals surface area contributed by atoms with E-state index in [-0.39, 0.29) is 25.0 Å².